The van der Waals surface area contributed by atoms with Crippen LogP contribution in [0.4, 0.5) is 5.82 Å². The van der Waals surface area contributed by atoms with E-state index in [2.05, 4.69) is 17.2 Å². The lowest BCUT2D eigenvalue weighted by atomic mass is 10.2. The average molecular weight is 226 g/mol. The van der Waals surface area contributed by atoms with E-state index in [0.717, 1.165) is 11.4 Å². The van der Waals surface area contributed by atoms with Gasteiger partial charge in [-0.1, -0.05) is 6.07 Å². The van der Waals surface area contributed by atoms with E-state index >= 15 is 0 Å². The van der Waals surface area contributed by atoms with Crippen LogP contribution in [0.1, 0.15) is 12.5 Å². The summed E-state index contributed by atoms with van der Waals surface area (Å²) in [5.74, 6) is 0.900. The summed E-state index contributed by atoms with van der Waals surface area (Å²) in [6, 6.07) is 4.15. The number of nitrogens with one attached hydrogen (secondary N) is 1. The number of nitrogens with zero attached hydrogens (tertiary/aromatic N) is 1. The van der Waals surface area contributed by atoms with Crippen molar-refractivity contribution in [2.24, 2.45) is 0 Å². The minimum absolute atomic E-state index is 0.182. The fraction of sp³-hybridized carbons (Fsp3) is 0.545. The van der Waals surface area contributed by atoms with E-state index < -0.39 is 0 Å². The van der Waals surface area contributed by atoms with Crippen molar-refractivity contribution in [2.75, 3.05) is 18.2 Å². The number of anilines is 1. The van der Waals surface area contributed by atoms with E-state index in [1.807, 2.05) is 25.3 Å². The quantitative estimate of drug-likeness (QED) is 0.805. The van der Waals surface area contributed by atoms with Crippen LogP contribution in [0.5, 0.6) is 0 Å². The van der Waals surface area contributed by atoms with Crippen molar-refractivity contribution >= 4 is 17.6 Å². The SMILES string of the molecule is CSC(CO)C(C)Nc1ncccc1C. The number of pyridine rings is 1. The summed E-state index contributed by atoms with van der Waals surface area (Å²) in [6.07, 6.45) is 3.78. The second-order valence-electron chi connectivity index (χ2n) is 3.56. The molecule has 2 unspecified atom stereocenters. The normalized spacial score (nSPS) is 14.7. The largest absolute Gasteiger partial charge is 0.395 e. The van der Waals surface area contributed by atoms with Gasteiger partial charge in [0.1, 0.15) is 5.82 Å². The molecule has 1 heterocycles. The van der Waals surface area contributed by atoms with Crippen LogP contribution in [0.3, 0.4) is 0 Å². The molecule has 2 atom stereocenters. The molecule has 0 fully saturated rings. The average Bonchev–Trinajstić information content (AvgIpc) is 2.23. The van der Waals surface area contributed by atoms with E-state index in [1.165, 1.54) is 0 Å². The van der Waals surface area contributed by atoms with Gasteiger partial charge >= 0.3 is 0 Å². The molecule has 0 spiro atoms. The summed E-state index contributed by atoms with van der Waals surface area (Å²) < 4.78 is 0. The zero-order valence-electron chi connectivity index (χ0n) is 9.40. The Labute approximate surface area is 95.3 Å². The fourth-order valence-electron chi connectivity index (χ4n) is 1.38. The molecule has 0 radical (unpaired) electrons. The Balaban J connectivity index is 2.65. The van der Waals surface area contributed by atoms with Crippen molar-refractivity contribution in [3.8, 4) is 0 Å². The van der Waals surface area contributed by atoms with Gasteiger partial charge in [-0.25, -0.2) is 4.98 Å². The van der Waals surface area contributed by atoms with Crippen molar-refractivity contribution in [1.29, 1.82) is 0 Å². The Hall–Kier alpha value is -0.740. The Kier molecular flexibility index (Phi) is 4.91. The van der Waals surface area contributed by atoms with Gasteiger partial charge in [-0.15, -0.1) is 0 Å². The van der Waals surface area contributed by atoms with Gasteiger partial charge in [-0.05, 0) is 31.7 Å². The Morgan fingerprint density at radius 1 is 1.60 bits per heavy atom. The van der Waals surface area contributed by atoms with Gasteiger partial charge in [0, 0.05) is 17.5 Å². The Morgan fingerprint density at radius 3 is 2.87 bits per heavy atom. The molecule has 0 aliphatic heterocycles. The first-order valence-electron chi connectivity index (χ1n) is 5.00. The monoisotopic (exact) mass is 226 g/mol. The maximum atomic E-state index is 9.16. The number of aliphatic hydroxyl groups excluding tert-OH is 1. The molecule has 4 heteroatoms. The maximum Gasteiger partial charge on any atom is 0.129 e. The van der Waals surface area contributed by atoms with Crippen LogP contribution in [0.2, 0.25) is 0 Å². The molecule has 0 saturated carbocycles. The fourth-order valence-corrected chi connectivity index (χ4v) is 2.01. The smallest absolute Gasteiger partial charge is 0.129 e. The predicted molar refractivity (Wildman–Crippen MR) is 66.4 cm³/mol. The first-order chi connectivity index (χ1) is 7.19. The summed E-state index contributed by atoms with van der Waals surface area (Å²) in [6.45, 7) is 4.27. The highest BCUT2D eigenvalue weighted by atomic mass is 32.2. The first kappa shape index (κ1) is 12.3. The van der Waals surface area contributed by atoms with Gasteiger partial charge in [0.15, 0.2) is 0 Å². The van der Waals surface area contributed by atoms with Gasteiger partial charge in [0.05, 0.1) is 6.61 Å². The first-order valence-corrected chi connectivity index (χ1v) is 6.29. The lowest BCUT2D eigenvalue weighted by Crippen LogP contribution is -2.31. The van der Waals surface area contributed by atoms with Gasteiger partial charge in [0.2, 0.25) is 0 Å². The summed E-state index contributed by atoms with van der Waals surface area (Å²) in [5.41, 5.74) is 1.13. The zero-order valence-corrected chi connectivity index (χ0v) is 10.2. The minimum Gasteiger partial charge on any atom is -0.395 e. The molecular formula is C11H18N2OS. The molecule has 0 amide bonds. The van der Waals surface area contributed by atoms with Gasteiger partial charge in [0.25, 0.3) is 0 Å². The van der Waals surface area contributed by atoms with E-state index in [9.17, 15) is 0 Å². The molecule has 3 nitrogen and oxygen atoms in total. The molecular weight excluding hydrogens is 208 g/mol. The number of aromatic nitrogens is 1. The van der Waals surface area contributed by atoms with Gasteiger partial charge in [-0.2, -0.15) is 11.8 Å². The van der Waals surface area contributed by atoms with E-state index in [-0.39, 0.29) is 17.9 Å². The molecule has 0 aliphatic rings. The van der Waals surface area contributed by atoms with Crippen molar-refractivity contribution in [2.45, 2.75) is 25.1 Å². The highest BCUT2D eigenvalue weighted by Crippen LogP contribution is 2.16. The summed E-state index contributed by atoms with van der Waals surface area (Å²) >= 11 is 1.66. The highest BCUT2D eigenvalue weighted by Gasteiger charge is 2.15. The van der Waals surface area contributed by atoms with E-state index in [1.54, 1.807) is 18.0 Å². The summed E-state index contributed by atoms with van der Waals surface area (Å²) in [7, 11) is 0. The van der Waals surface area contributed by atoms with Crippen LogP contribution < -0.4 is 5.32 Å². The molecule has 1 rings (SSSR count). The maximum absolute atomic E-state index is 9.16. The second kappa shape index (κ2) is 5.98. The molecule has 2 N–H and O–H groups in total. The third kappa shape index (κ3) is 3.39. The second-order valence-corrected chi connectivity index (χ2v) is 4.64. The number of aliphatic hydroxyl groups is 1. The van der Waals surface area contributed by atoms with Crippen LogP contribution in [0.25, 0.3) is 0 Å². The lowest BCUT2D eigenvalue weighted by Gasteiger charge is -2.22. The van der Waals surface area contributed by atoms with Crippen molar-refractivity contribution in [3.63, 3.8) is 0 Å². The lowest BCUT2D eigenvalue weighted by molar-refractivity contribution is 0.288. The topological polar surface area (TPSA) is 45.1 Å². The van der Waals surface area contributed by atoms with Gasteiger partial charge in [-0.3, -0.25) is 0 Å². The number of hydrogen-bond donors (Lipinski definition) is 2. The van der Waals surface area contributed by atoms with Crippen LogP contribution in [-0.2, 0) is 0 Å². The Morgan fingerprint density at radius 2 is 2.33 bits per heavy atom. The van der Waals surface area contributed by atoms with Crippen molar-refractivity contribution in [1.82, 2.24) is 4.98 Å². The molecule has 15 heavy (non-hydrogen) atoms. The van der Waals surface area contributed by atoms with Crippen molar-refractivity contribution < 1.29 is 5.11 Å². The molecule has 0 saturated heterocycles. The standard InChI is InChI=1S/C11H18N2OS/c1-8-5-4-6-12-11(8)13-9(2)10(7-14)15-3/h4-6,9-10,14H,7H2,1-3H3,(H,12,13). The van der Waals surface area contributed by atoms with Gasteiger partial charge < -0.3 is 10.4 Å². The van der Waals surface area contributed by atoms with Crippen LogP contribution >= 0.6 is 11.8 Å². The van der Waals surface area contributed by atoms with E-state index in [0.29, 0.717) is 0 Å². The van der Waals surface area contributed by atoms with E-state index in [4.69, 9.17) is 5.11 Å². The molecule has 0 aliphatic carbocycles. The third-order valence-electron chi connectivity index (χ3n) is 2.41. The number of aryl methyl sites for hydroxylation is 1. The van der Waals surface area contributed by atoms with Crippen LogP contribution in [-0.4, -0.2) is 34.2 Å². The zero-order chi connectivity index (χ0) is 11.3. The highest BCUT2D eigenvalue weighted by molar-refractivity contribution is 7.99. The third-order valence-corrected chi connectivity index (χ3v) is 3.58. The minimum atomic E-state index is 0.182. The molecule has 0 aromatic carbocycles. The van der Waals surface area contributed by atoms with Crippen molar-refractivity contribution in [3.05, 3.63) is 23.9 Å². The molecule has 1 aromatic rings. The number of thioether (sulfide) groups is 1. The Bertz CT molecular complexity index is 302. The molecule has 84 valence electrons. The van der Waals surface area contributed by atoms with Crippen LogP contribution in [0.15, 0.2) is 18.3 Å². The summed E-state index contributed by atoms with van der Waals surface area (Å²) in [4.78, 5) is 4.27. The number of hydrogen-bond acceptors (Lipinski definition) is 4. The number of rotatable bonds is 5. The predicted octanol–water partition coefficient (Wildman–Crippen LogP) is 1.91. The summed E-state index contributed by atoms with van der Waals surface area (Å²) in [5, 5.41) is 12.7. The molecule has 0 bridgehead atoms. The molecule has 1 aromatic heterocycles. The van der Waals surface area contributed by atoms with Crippen LogP contribution in [0, 0.1) is 6.92 Å².